The van der Waals surface area contributed by atoms with E-state index in [2.05, 4.69) is 24.5 Å². The molecule has 0 saturated carbocycles. The second-order valence-electron chi connectivity index (χ2n) is 17.6. The Balaban J connectivity index is 3.40. The number of unbranched alkanes of at least 4 members (excludes halogenated alkanes) is 37. The first-order valence-corrected chi connectivity index (χ1v) is 25.4. The molecule has 0 radical (unpaired) electrons. The minimum Gasteiger partial charge on any atom is -0.383 e. The van der Waals surface area contributed by atoms with Crippen molar-refractivity contribution in [2.75, 3.05) is 13.1 Å². The van der Waals surface area contributed by atoms with Crippen molar-refractivity contribution in [3.63, 3.8) is 0 Å². The van der Waals surface area contributed by atoms with Crippen molar-refractivity contribution in [2.45, 2.75) is 296 Å². The maximum Gasteiger partial charge on any atom is 0.248 e. The number of amides is 2. The summed E-state index contributed by atoms with van der Waals surface area (Å²) < 4.78 is 0. The molecule has 56 heavy (non-hydrogen) atoms. The summed E-state index contributed by atoms with van der Waals surface area (Å²) in [7, 11) is 0. The fourth-order valence-electron chi connectivity index (χ4n) is 8.00. The van der Waals surface area contributed by atoms with Crippen LogP contribution in [-0.2, 0) is 9.59 Å². The van der Waals surface area contributed by atoms with Gasteiger partial charge < -0.3 is 20.8 Å². The van der Waals surface area contributed by atoms with E-state index in [9.17, 15) is 19.8 Å². The summed E-state index contributed by atoms with van der Waals surface area (Å²) in [5.41, 5.74) is 0. The van der Waals surface area contributed by atoms with E-state index < -0.39 is 12.2 Å². The molecule has 4 N–H and O–H groups in total. The van der Waals surface area contributed by atoms with Crippen LogP contribution >= 0.6 is 0 Å². The molecular formula is C50H100N2O4. The molecule has 0 heterocycles. The minimum atomic E-state index is -0.897. The fraction of sp³-hybridized carbons (Fsp3) is 0.960. The molecule has 6 nitrogen and oxygen atoms in total. The summed E-state index contributed by atoms with van der Waals surface area (Å²) in [6.07, 6.45) is 51.1. The largest absolute Gasteiger partial charge is 0.383 e. The first kappa shape index (κ1) is 54.9. The molecule has 0 aromatic carbocycles. The maximum atomic E-state index is 12.2. The SMILES string of the molecule is CCCCCCCCCCCCCCCCCCCCC(O)C(=O)NCCCCCCNC(=O)C(O)CCCCCCCCCCCCCCCCCCCC. The van der Waals surface area contributed by atoms with Crippen molar-refractivity contribution in [2.24, 2.45) is 0 Å². The number of carbonyl (C=O) groups excluding carboxylic acids is 2. The first-order valence-electron chi connectivity index (χ1n) is 25.4. The molecule has 2 atom stereocenters. The predicted molar refractivity (Wildman–Crippen MR) is 243 cm³/mol. The van der Waals surface area contributed by atoms with Crippen LogP contribution in [0.1, 0.15) is 284 Å². The number of hydrogen-bond acceptors (Lipinski definition) is 4. The lowest BCUT2D eigenvalue weighted by atomic mass is 10.0. The summed E-state index contributed by atoms with van der Waals surface area (Å²) in [4.78, 5) is 24.5. The molecule has 0 aromatic heterocycles. The molecule has 0 rings (SSSR count). The summed E-state index contributed by atoms with van der Waals surface area (Å²) >= 11 is 0. The molecule has 0 saturated heterocycles. The lowest BCUT2D eigenvalue weighted by molar-refractivity contribution is -0.130. The lowest BCUT2D eigenvalue weighted by Gasteiger charge is -2.12. The molecule has 0 aromatic rings. The van der Waals surface area contributed by atoms with Crippen molar-refractivity contribution in [3.8, 4) is 0 Å². The van der Waals surface area contributed by atoms with Crippen LogP contribution in [0.5, 0.6) is 0 Å². The number of carbonyl (C=O) groups is 2. The van der Waals surface area contributed by atoms with Gasteiger partial charge in [0.15, 0.2) is 0 Å². The number of hydrogen-bond donors (Lipinski definition) is 4. The lowest BCUT2D eigenvalue weighted by Crippen LogP contribution is -2.35. The monoisotopic (exact) mass is 793 g/mol. The zero-order chi connectivity index (χ0) is 40.8. The topological polar surface area (TPSA) is 98.7 Å². The Hall–Kier alpha value is -1.14. The van der Waals surface area contributed by atoms with Crippen LogP contribution in [-0.4, -0.2) is 47.3 Å². The quantitative estimate of drug-likeness (QED) is 0.0461. The molecule has 2 unspecified atom stereocenters. The van der Waals surface area contributed by atoms with Gasteiger partial charge in [-0.25, -0.2) is 0 Å². The first-order chi connectivity index (χ1) is 27.5. The van der Waals surface area contributed by atoms with Gasteiger partial charge in [0.2, 0.25) is 11.8 Å². The third kappa shape index (κ3) is 42.5. The highest BCUT2D eigenvalue weighted by molar-refractivity contribution is 5.80. The van der Waals surface area contributed by atoms with Crippen LogP contribution in [0.2, 0.25) is 0 Å². The van der Waals surface area contributed by atoms with E-state index in [0.29, 0.717) is 25.9 Å². The van der Waals surface area contributed by atoms with Gasteiger partial charge in [0, 0.05) is 13.1 Å². The third-order valence-corrected chi connectivity index (χ3v) is 12.0. The Morgan fingerprint density at radius 1 is 0.304 bits per heavy atom. The Labute approximate surface area is 350 Å². The summed E-state index contributed by atoms with van der Waals surface area (Å²) in [6, 6.07) is 0. The Morgan fingerprint density at radius 2 is 0.482 bits per heavy atom. The molecule has 0 aliphatic rings. The van der Waals surface area contributed by atoms with Gasteiger partial charge in [-0.05, 0) is 25.7 Å². The number of nitrogens with one attached hydrogen (secondary N) is 2. The number of aliphatic hydroxyl groups excluding tert-OH is 2. The van der Waals surface area contributed by atoms with Crippen molar-refractivity contribution < 1.29 is 19.8 Å². The Kier molecular flexibility index (Phi) is 45.6. The molecule has 0 bridgehead atoms. The highest BCUT2D eigenvalue weighted by Gasteiger charge is 2.15. The predicted octanol–water partition coefficient (Wildman–Crippen LogP) is 14.4. The van der Waals surface area contributed by atoms with E-state index in [4.69, 9.17) is 0 Å². The van der Waals surface area contributed by atoms with Crippen molar-refractivity contribution in [1.29, 1.82) is 0 Å². The van der Waals surface area contributed by atoms with Crippen LogP contribution in [0.25, 0.3) is 0 Å². The fourth-order valence-corrected chi connectivity index (χ4v) is 8.00. The van der Waals surface area contributed by atoms with E-state index in [1.807, 2.05) is 0 Å². The molecule has 0 aliphatic carbocycles. The molecule has 6 heteroatoms. The second kappa shape index (κ2) is 46.5. The van der Waals surface area contributed by atoms with Crippen molar-refractivity contribution in [1.82, 2.24) is 10.6 Å². The van der Waals surface area contributed by atoms with Crippen LogP contribution in [0.15, 0.2) is 0 Å². The third-order valence-electron chi connectivity index (χ3n) is 12.0. The standard InChI is InChI=1S/C50H100N2O4/c1-3-5-7-9-11-13-15-17-19-21-23-25-27-29-31-33-35-39-43-47(53)49(55)51-45-41-37-38-42-46-52-50(56)48(54)44-40-36-34-32-30-28-26-24-22-20-18-16-14-12-10-8-6-4-2/h47-48,53-54H,3-46H2,1-2H3,(H,51,55)(H,52,56). The van der Waals surface area contributed by atoms with Gasteiger partial charge in [-0.15, -0.1) is 0 Å². The van der Waals surface area contributed by atoms with Gasteiger partial charge in [0.05, 0.1) is 0 Å². The number of rotatable bonds is 47. The van der Waals surface area contributed by atoms with Gasteiger partial charge in [0.1, 0.15) is 12.2 Å². The highest BCUT2D eigenvalue weighted by Crippen LogP contribution is 2.17. The minimum absolute atomic E-state index is 0.243. The molecule has 0 spiro atoms. The Bertz CT molecular complexity index is 729. The summed E-state index contributed by atoms with van der Waals surface area (Å²) in [5, 5.41) is 26.2. The van der Waals surface area contributed by atoms with Gasteiger partial charge in [-0.1, -0.05) is 258 Å². The molecule has 2 amide bonds. The zero-order valence-electron chi connectivity index (χ0n) is 38.0. The molecule has 0 aliphatic heterocycles. The van der Waals surface area contributed by atoms with Crippen LogP contribution in [0.3, 0.4) is 0 Å². The van der Waals surface area contributed by atoms with Crippen LogP contribution in [0, 0.1) is 0 Å². The van der Waals surface area contributed by atoms with E-state index >= 15 is 0 Å². The highest BCUT2D eigenvalue weighted by atomic mass is 16.3. The van der Waals surface area contributed by atoms with E-state index in [1.165, 1.54) is 205 Å². The van der Waals surface area contributed by atoms with E-state index in [0.717, 1.165) is 51.4 Å². The molecular weight excluding hydrogens is 693 g/mol. The van der Waals surface area contributed by atoms with Crippen LogP contribution in [0.4, 0.5) is 0 Å². The Morgan fingerprint density at radius 3 is 0.696 bits per heavy atom. The van der Waals surface area contributed by atoms with Gasteiger partial charge in [-0.2, -0.15) is 0 Å². The van der Waals surface area contributed by atoms with Gasteiger partial charge in [0.25, 0.3) is 0 Å². The van der Waals surface area contributed by atoms with E-state index in [-0.39, 0.29) is 11.8 Å². The average Bonchev–Trinajstić information content (AvgIpc) is 3.20. The van der Waals surface area contributed by atoms with Gasteiger partial charge in [-0.3, -0.25) is 9.59 Å². The summed E-state index contributed by atoms with van der Waals surface area (Å²) in [6.45, 7) is 5.73. The van der Waals surface area contributed by atoms with E-state index in [1.54, 1.807) is 0 Å². The summed E-state index contributed by atoms with van der Waals surface area (Å²) in [5.74, 6) is -0.485. The van der Waals surface area contributed by atoms with Gasteiger partial charge >= 0.3 is 0 Å². The average molecular weight is 793 g/mol. The maximum absolute atomic E-state index is 12.2. The second-order valence-corrected chi connectivity index (χ2v) is 17.6. The number of aliphatic hydroxyl groups is 2. The smallest absolute Gasteiger partial charge is 0.248 e. The molecule has 0 fully saturated rings. The molecule has 334 valence electrons. The van der Waals surface area contributed by atoms with Crippen molar-refractivity contribution >= 4 is 11.8 Å². The normalized spacial score (nSPS) is 12.6. The van der Waals surface area contributed by atoms with Crippen molar-refractivity contribution in [3.05, 3.63) is 0 Å². The zero-order valence-corrected chi connectivity index (χ0v) is 38.0. The van der Waals surface area contributed by atoms with Crippen LogP contribution < -0.4 is 10.6 Å².